The maximum Gasteiger partial charge on any atom is 0.194 e. The number of para-hydroxylation sites is 1. The van der Waals surface area contributed by atoms with Gasteiger partial charge >= 0.3 is 0 Å². The largest absolute Gasteiger partial charge is 0.354 e. The van der Waals surface area contributed by atoms with Crippen LogP contribution in [0.2, 0.25) is 0 Å². The molecule has 0 atom stereocenters. The van der Waals surface area contributed by atoms with E-state index in [1.165, 1.54) is 5.56 Å². The van der Waals surface area contributed by atoms with E-state index in [0.717, 1.165) is 44.1 Å². The van der Waals surface area contributed by atoms with Crippen molar-refractivity contribution in [1.82, 2.24) is 4.98 Å². The highest BCUT2D eigenvalue weighted by Crippen LogP contribution is 2.31. The maximum absolute atomic E-state index is 13.3. The molecule has 2 heteroatoms. The van der Waals surface area contributed by atoms with Gasteiger partial charge in [0, 0.05) is 32.9 Å². The molecule has 2 nitrogen and oxygen atoms in total. The van der Waals surface area contributed by atoms with Crippen LogP contribution in [0.1, 0.15) is 32.6 Å². The third-order valence-electron chi connectivity index (χ3n) is 4.68. The fourth-order valence-electron chi connectivity index (χ4n) is 3.76. The molecular weight excluding hydrogens is 294 g/mol. The van der Waals surface area contributed by atoms with Crippen molar-refractivity contribution in [3.63, 3.8) is 0 Å². The Kier molecular flexibility index (Phi) is 3.27. The van der Waals surface area contributed by atoms with Crippen LogP contribution in [0, 0.1) is 20.8 Å². The number of nitrogens with one attached hydrogen (secondary N) is 1. The number of rotatable bonds is 2. The number of ketones is 1. The standard InChI is InChI=1S/C22H19NO/c1-13-11-14(2)20(15(3)12-13)22(24)17-8-6-10-19-21(17)16-7-4-5-9-18(16)23-19/h4-12,23H,1-3H3. The van der Waals surface area contributed by atoms with Crippen LogP contribution < -0.4 is 0 Å². The Bertz CT molecular complexity index is 1080. The van der Waals surface area contributed by atoms with Gasteiger partial charge in [-0.25, -0.2) is 0 Å². The molecule has 118 valence electrons. The molecule has 0 fully saturated rings. The van der Waals surface area contributed by atoms with E-state index in [4.69, 9.17) is 0 Å². The molecule has 3 aromatic carbocycles. The molecular formula is C22H19NO. The predicted octanol–water partition coefficient (Wildman–Crippen LogP) is 5.48. The van der Waals surface area contributed by atoms with Crippen LogP contribution in [0.3, 0.4) is 0 Å². The van der Waals surface area contributed by atoms with Crippen molar-refractivity contribution in [3.8, 4) is 0 Å². The SMILES string of the molecule is Cc1cc(C)c(C(=O)c2cccc3[nH]c4ccccc4c23)c(C)c1. The summed E-state index contributed by atoms with van der Waals surface area (Å²) in [6, 6.07) is 18.2. The molecule has 1 N–H and O–H groups in total. The van der Waals surface area contributed by atoms with Crippen molar-refractivity contribution >= 4 is 27.6 Å². The molecule has 0 radical (unpaired) electrons. The minimum Gasteiger partial charge on any atom is -0.354 e. The molecule has 0 amide bonds. The molecule has 0 unspecified atom stereocenters. The summed E-state index contributed by atoms with van der Waals surface area (Å²) in [4.78, 5) is 16.8. The van der Waals surface area contributed by atoms with Gasteiger partial charge in [-0.2, -0.15) is 0 Å². The number of aromatic amines is 1. The van der Waals surface area contributed by atoms with Gasteiger partial charge in [0.1, 0.15) is 0 Å². The summed E-state index contributed by atoms with van der Waals surface area (Å²) in [7, 11) is 0. The van der Waals surface area contributed by atoms with Crippen LogP contribution in [-0.4, -0.2) is 10.8 Å². The highest BCUT2D eigenvalue weighted by Gasteiger charge is 2.19. The number of fused-ring (bicyclic) bond motifs is 3. The molecule has 0 saturated carbocycles. The number of aryl methyl sites for hydroxylation is 3. The summed E-state index contributed by atoms with van der Waals surface area (Å²) >= 11 is 0. The van der Waals surface area contributed by atoms with Gasteiger partial charge in [-0.15, -0.1) is 0 Å². The highest BCUT2D eigenvalue weighted by atomic mass is 16.1. The molecule has 0 saturated heterocycles. The highest BCUT2D eigenvalue weighted by molar-refractivity contribution is 6.23. The van der Waals surface area contributed by atoms with Gasteiger partial charge < -0.3 is 4.98 Å². The first-order chi connectivity index (χ1) is 11.6. The van der Waals surface area contributed by atoms with E-state index in [0.29, 0.717) is 0 Å². The summed E-state index contributed by atoms with van der Waals surface area (Å²) < 4.78 is 0. The lowest BCUT2D eigenvalue weighted by Crippen LogP contribution is -2.07. The summed E-state index contributed by atoms with van der Waals surface area (Å²) in [5.74, 6) is 0.0975. The van der Waals surface area contributed by atoms with E-state index in [1.54, 1.807) is 0 Å². The number of hydrogen-bond acceptors (Lipinski definition) is 1. The number of carbonyl (C=O) groups excluding carboxylic acids is 1. The molecule has 0 aliphatic rings. The van der Waals surface area contributed by atoms with Crippen LogP contribution in [-0.2, 0) is 0 Å². The second kappa shape index (κ2) is 5.34. The van der Waals surface area contributed by atoms with Gasteiger partial charge in [-0.3, -0.25) is 4.79 Å². The first-order valence-corrected chi connectivity index (χ1v) is 8.18. The van der Waals surface area contributed by atoms with Crippen LogP contribution in [0.15, 0.2) is 54.6 Å². The van der Waals surface area contributed by atoms with Crippen molar-refractivity contribution in [2.24, 2.45) is 0 Å². The summed E-state index contributed by atoms with van der Waals surface area (Å²) in [6.45, 7) is 6.10. The van der Waals surface area contributed by atoms with E-state index < -0.39 is 0 Å². The fraction of sp³-hybridized carbons (Fsp3) is 0.136. The third kappa shape index (κ3) is 2.15. The van der Waals surface area contributed by atoms with Crippen molar-refractivity contribution < 1.29 is 4.79 Å². The zero-order chi connectivity index (χ0) is 16.8. The molecule has 0 aliphatic carbocycles. The fourth-order valence-corrected chi connectivity index (χ4v) is 3.76. The Morgan fingerprint density at radius 2 is 1.50 bits per heavy atom. The predicted molar refractivity (Wildman–Crippen MR) is 99.9 cm³/mol. The summed E-state index contributed by atoms with van der Waals surface area (Å²) in [5, 5.41) is 2.11. The van der Waals surface area contributed by atoms with Gasteiger partial charge in [0.05, 0.1) is 0 Å². The molecule has 0 aliphatic heterocycles. The van der Waals surface area contributed by atoms with Gasteiger partial charge in [0.2, 0.25) is 0 Å². The number of hydrogen-bond donors (Lipinski definition) is 1. The maximum atomic E-state index is 13.3. The Hall–Kier alpha value is -2.87. The minimum atomic E-state index is 0.0975. The smallest absolute Gasteiger partial charge is 0.194 e. The van der Waals surface area contributed by atoms with E-state index in [1.807, 2.05) is 50.2 Å². The minimum absolute atomic E-state index is 0.0975. The van der Waals surface area contributed by atoms with E-state index in [-0.39, 0.29) is 5.78 Å². The Morgan fingerprint density at radius 3 is 2.25 bits per heavy atom. The average molecular weight is 313 g/mol. The zero-order valence-electron chi connectivity index (χ0n) is 14.1. The van der Waals surface area contributed by atoms with E-state index in [9.17, 15) is 4.79 Å². The molecule has 0 spiro atoms. The summed E-state index contributed by atoms with van der Waals surface area (Å²) in [5.41, 5.74) is 6.91. The lowest BCUT2D eigenvalue weighted by Gasteiger charge is -2.11. The van der Waals surface area contributed by atoms with Crippen molar-refractivity contribution in [2.45, 2.75) is 20.8 Å². The number of benzene rings is 3. The Labute approximate surface area is 141 Å². The lowest BCUT2D eigenvalue weighted by atomic mass is 9.91. The zero-order valence-corrected chi connectivity index (χ0v) is 14.1. The van der Waals surface area contributed by atoms with Crippen LogP contribution >= 0.6 is 0 Å². The van der Waals surface area contributed by atoms with Crippen LogP contribution in [0.5, 0.6) is 0 Å². The van der Waals surface area contributed by atoms with Crippen molar-refractivity contribution in [2.75, 3.05) is 0 Å². The van der Waals surface area contributed by atoms with Crippen LogP contribution in [0.4, 0.5) is 0 Å². The summed E-state index contributed by atoms with van der Waals surface area (Å²) in [6.07, 6.45) is 0. The molecule has 4 rings (SSSR count). The normalized spacial score (nSPS) is 11.3. The van der Waals surface area contributed by atoms with Gasteiger partial charge in [-0.05, 0) is 44.0 Å². The van der Waals surface area contributed by atoms with Gasteiger partial charge in [0.15, 0.2) is 5.78 Å². The average Bonchev–Trinajstić information content (AvgIpc) is 2.92. The van der Waals surface area contributed by atoms with E-state index >= 15 is 0 Å². The monoisotopic (exact) mass is 313 g/mol. The number of aromatic nitrogens is 1. The molecule has 4 aromatic rings. The van der Waals surface area contributed by atoms with Crippen molar-refractivity contribution in [1.29, 1.82) is 0 Å². The second-order valence-corrected chi connectivity index (χ2v) is 6.50. The van der Waals surface area contributed by atoms with Gasteiger partial charge in [-0.1, -0.05) is 48.0 Å². The third-order valence-corrected chi connectivity index (χ3v) is 4.68. The van der Waals surface area contributed by atoms with E-state index in [2.05, 4.69) is 30.1 Å². The van der Waals surface area contributed by atoms with Gasteiger partial charge in [0.25, 0.3) is 0 Å². The molecule has 24 heavy (non-hydrogen) atoms. The first-order valence-electron chi connectivity index (χ1n) is 8.18. The topological polar surface area (TPSA) is 32.9 Å². The van der Waals surface area contributed by atoms with Crippen molar-refractivity contribution in [3.05, 3.63) is 82.4 Å². The Morgan fingerprint density at radius 1 is 0.833 bits per heavy atom. The molecule has 1 heterocycles. The molecule has 1 aromatic heterocycles. The molecule has 0 bridgehead atoms. The quantitative estimate of drug-likeness (QED) is 0.488. The number of carbonyl (C=O) groups is 1. The Balaban J connectivity index is 2.02. The second-order valence-electron chi connectivity index (χ2n) is 6.50. The van der Waals surface area contributed by atoms with Crippen LogP contribution in [0.25, 0.3) is 21.8 Å². The first kappa shape index (κ1) is 14.7. The lowest BCUT2D eigenvalue weighted by molar-refractivity contribution is 0.103. The number of H-pyrrole nitrogens is 1.